The molecule has 0 saturated carbocycles. The molecular weight excluding hydrogens is 447 g/mol. The second kappa shape index (κ2) is 9.46. The van der Waals surface area contributed by atoms with Crippen LogP contribution in [0.5, 0.6) is 11.5 Å². The zero-order valence-corrected chi connectivity index (χ0v) is 18.0. The van der Waals surface area contributed by atoms with Crippen molar-refractivity contribution in [1.29, 1.82) is 5.26 Å². The molecule has 0 spiro atoms. The van der Waals surface area contributed by atoms with E-state index in [9.17, 15) is 9.18 Å². The number of nitrogens with one attached hydrogen (secondary N) is 1. The highest BCUT2D eigenvalue weighted by molar-refractivity contribution is 6.31. The lowest BCUT2D eigenvalue weighted by Crippen LogP contribution is -2.28. The van der Waals surface area contributed by atoms with Crippen molar-refractivity contribution in [3.8, 4) is 23.4 Å². The summed E-state index contributed by atoms with van der Waals surface area (Å²) in [6.45, 7) is 1.75. The van der Waals surface area contributed by atoms with Gasteiger partial charge in [-0.2, -0.15) is 15.0 Å². The zero-order chi connectivity index (χ0) is 23.4. The molecule has 2 aromatic heterocycles. The Bertz CT molecular complexity index is 1330. The van der Waals surface area contributed by atoms with Gasteiger partial charge in [0.1, 0.15) is 29.7 Å². The number of halogens is 2. The summed E-state index contributed by atoms with van der Waals surface area (Å²) in [5, 5.41) is 16.3. The van der Waals surface area contributed by atoms with E-state index in [4.69, 9.17) is 21.6 Å². The number of nitrogens with zero attached hydrogens (tertiary/aromatic N) is 5. The van der Waals surface area contributed by atoms with E-state index in [0.29, 0.717) is 33.7 Å². The number of amides is 1. The maximum Gasteiger partial charge on any atom is 0.252 e. The molecular formula is C23H16ClFN6O2. The van der Waals surface area contributed by atoms with E-state index in [2.05, 4.69) is 20.4 Å². The lowest BCUT2D eigenvalue weighted by molar-refractivity contribution is 0.0937. The Balaban J connectivity index is 1.52. The Kier molecular flexibility index (Phi) is 6.29. The highest BCUT2D eigenvalue weighted by Gasteiger charge is 2.19. The first-order chi connectivity index (χ1) is 15.9. The molecule has 2 aromatic carbocycles. The van der Waals surface area contributed by atoms with Crippen LogP contribution in [0.15, 0.2) is 67.1 Å². The van der Waals surface area contributed by atoms with Gasteiger partial charge >= 0.3 is 0 Å². The maximum absolute atomic E-state index is 13.1. The average molecular weight is 463 g/mol. The molecule has 0 aliphatic heterocycles. The van der Waals surface area contributed by atoms with E-state index in [0.717, 1.165) is 0 Å². The van der Waals surface area contributed by atoms with E-state index in [1.165, 1.54) is 53.6 Å². The predicted molar refractivity (Wildman–Crippen MR) is 118 cm³/mol. The Morgan fingerprint density at radius 3 is 2.64 bits per heavy atom. The van der Waals surface area contributed by atoms with Crippen LogP contribution in [-0.2, 0) is 0 Å². The molecule has 33 heavy (non-hydrogen) atoms. The smallest absolute Gasteiger partial charge is 0.252 e. The zero-order valence-electron chi connectivity index (χ0n) is 17.2. The van der Waals surface area contributed by atoms with Crippen molar-refractivity contribution in [2.24, 2.45) is 0 Å². The molecule has 0 radical (unpaired) electrons. The quantitative estimate of drug-likeness (QED) is 0.448. The van der Waals surface area contributed by atoms with Crippen LogP contribution in [0.4, 0.5) is 4.39 Å². The Hall–Kier alpha value is -4.29. The second-order valence-electron chi connectivity index (χ2n) is 6.97. The van der Waals surface area contributed by atoms with Crippen LogP contribution in [0.3, 0.4) is 0 Å². The number of hydrogen-bond donors (Lipinski definition) is 1. The van der Waals surface area contributed by atoms with E-state index >= 15 is 0 Å². The summed E-state index contributed by atoms with van der Waals surface area (Å²) in [5.74, 6) is 0.854. The topological polar surface area (TPSA) is 106 Å². The summed E-state index contributed by atoms with van der Waals surface area (Å²) < 4.78 is 20.3. The average Bonchev–Trinajstić information content (AvgIpc) is 3.30. The first-order valence-electron chi connectivity index (χ1n) is 9.74. The first kappa shape index (κ1) is 21.9. The molecule has 4 rings (SSSR count). The molecule has 164 valence electrons. The van der Waals surface area contributed by atoms with Gasteiger partial charge in [-0.15, -0.1) is 0 Å². The fraction of sp³-hybridized carbons (Fsp3) is 0.0870. The third kappa shape index (κ3) is 5.14. The van der Waals surface area contributed by atoms with Gasteiger partial charge in [0.25, 0.3) is 5.91 Å². The van der Waals surface area contributed by atoms with Crippen LogP contribution in [0.2, 0.25) is 5.02 Å². The summed E-state index contributed by atoms with van der Waals surface area (Å²) in [5.41, 5.74) is 0.690. The largest absolute Gasteiger partial charge is 0.457 e. The van der Waals surface area contributed by atoms with Crippen LogP contribution in [0.1, 0.15) is 34.7 Å². The van der Waals surface area contributed by atoms with Crippen LogP contribution < -0.4 is 10.1 Å². The van der Waals surface area contributed by atoms with Gasteiger partial charge in [0.2, 0.25) is 0 Å². The minimum Gasteiger partial charge on any atom is -0.457 e. The van der Waals surface area contributed by atoms with E-state index < -0.39 is 11.9 Å². The van der Waals surface area contributed by atoms with Gasteiger partial charge in [-0.1, -0.05) is 11.6 Å². The highest BCUT2D eigenvalue weighted by atomic mass is 35.5. The number of aromatic nitrogens is 4. The first-order valence-corrected chi connectivity index (χ1v) is 10.1. The summed E-state index contributed by atoms with van der Waals surface area (Å²) in [4.78, 5) is 21.3. The Labute approximate surface area is 193 Å². The van der Waals surface area contributed by atoms with Crippen LogP contribution in [-0.4, -0.2) is 25.7 Å². The molecule has 4 aromatic rings. The lowest BCUT2D eigenvalue weighted by Gasteiger charge is -2.15. The standard InChI is InChI=1S/C23H16ClFN6O2/c1-14(22-28-13-29-31(22)21-7-2-15(11-26)12-27-21)30-23(32)16-8-17(24)10-20(9-16)33-19-5-3-18(25)4-6-19/h2-10,12-14H,1H3,(H,30,32)/t14-/m0/s1. The van der Waals surface area contributed by atoms with Crippen molar-refractivity contribution >= 4 is 17.5 Å². The molecule has 1 amide bonds. The van der Waals surface area contributed by atoms with Crippen LogP contribution in [0.25, 0.3) is 5.82 Å². The highest BCUT2D eigenvalue weighted by Crippen LogP contribution is 2.27. The van der Waals surface area contributed by atoms with E-state index in [1.54, 1.807) is 25.1 Å². The fourth-order valence-electron chi connectivity index (χ4n) is 3.04. The molecule has 0 bridgehead atoms. The summed E-state index contributed by atoms with van der Waals surface area (Å²) >= 11 is 6.17. The van der Waals surface area contributed by atoms with Gasteiger partial charge in [0.05, 0.1) is 11.6 Å². The fourth-order valence-corrected chi connectivity index (χ4v) is 3.26. The second-order valence-corrected chi connectivity index (χ2v) is 7.41. The van der Waals surface area contributed by atoms with Gasteiger partial charge in [-0.05, 0) is 61.5 Å². The van der Waals surface area contributed by atoms with Crippen LogP contribution >= 0.6 is 11.6 Å². The maximum atomic E-state index is 13.1. The molecule has 2 heterocycles. The van der Waals surface area contributed by atoms with Gasteiger partial charge in [0, 0.05) is 16.8 Å². The number of carbonyl (C=O) groups excluding carboxylic acids is 1. The number of pyridine rings is 1. The van der Waals surface area contributed by atoms with Crippen molar-refractivity contribution in [2.45, 2.75) is 13.0 Å². The molecule has 0 saturated heterocycles. The molecule has 8 nitrogen and oxygen atoms in total. The third-order valence-electron chi connectivity index (χ3n) is 4.59. The third-order valence-corrected chi connectivity index (χ3v) is 4.80. The minimum atomic E-state index is -0.530. The molecule has 0 unspecified atom stereocenters. The van der Waals surface area contributed by atoms with E-state index in [1.807, 2.05) is 6.07 Å². The molecule has 10 heteroatoms. The predicted octanol–water partition coefficient (Wildman–Crippen LogP) is 4.61. The van der Waals surface area contributed by atoms with Gasteiger partial charge in [-0.3, -0.25) is 4.79 Å². The molecule has 1 atom stereocenters. The molecule has 1 N–H and O–H groups in total. The van der Waals surface area contributed by atoms with Crippen molar-refractivity contribution in [3.05, 3.63) is 94.9 Å². The number of ether oxygens (including phenoxy) is 1. The van der Waals surface area contributed by atoms with Crippen molar-refractivity contribution in [1.82, 2.24) is 25.1 Å². The van der Waals surface area contributed by atoms with E-state index in [-0.39, 0.29) is 11.4 Å². The van der Waals surface area contributed by atoms with Gasteiger partial charge < -0.3 is 10.1 Å². The number of nitriles is 1. The summed E-state index contributed by atoms with van der Waals surface area (Å²) in [6, 6.07) is 14.8. The van der Waals surface area contributed by atoms with Crippen molar-refractivity contribution in [3.63, 3.8) is 0 Å². The molecule has 0 aliphatic rings. The Morgan fingerprint density at radius 2 is 1.94 bits per heavy atom. The number of hydrogen-bond acceptors (Lipinski definition) is 6. The minimum absolute atomic E-state index is 0.272. The van der Waals surface area contributed by atoms with Crippen molar-refractivity contribution in [2.75, 3.05) is 0 Å². The normalized spacial score (nSPS) is 11.5. The van der Waals surface area contributed by atoms with Gasteiger partial charge in [-0.25, -0.2) is 14.4 Å². The monoisotopic (exact) mass is 462 g/mol. The lowest BCUT2D eigenvalue weighted by atomic mass is 10.2. The van der Waals surface area contributed by atoms with Gasteiger partial charge in [0.15, 0.2) is 11.6 Å². The molecule has 0 aliphatic carbocycles. The Morgan fingerprint density at radius 1 is 1.15 bits per heavy atom. The number of benzene rings is 2. The summed E-state index contributed by atoms with van der Waals surface area (Å²) in [7, 11) is 0. The number of carbonyl (C=O) groups is 1. The summed E-state index contributed by atoms with van der Waals surface area (Å²) in [6.07, 6.45) is 2.78. The number of rotatable bonds is 6. The molecule has 0 fully saturated rings. The van der Waals surface area contributed by atoms with Crippen molar-refractivity contribution < 1.29 is 13.9 Å². The SMILES string of the molecule is C[C@H](NC(=O)c1cc(Cl)cc(Oc2ccc(F)cc2)c1)c1ncnn1-c1ccc(C#N)cn1. The van der Waals surface area contributed by atoms with Crippen LogP contribution in [0, 0.1) is 17.1 Å².